The Morgan fingerprint density at radius 2 is 1.31 bits per heavy atom. The monoisotopic (exact) mass is 969 g/mol. The minimum absolute atomic E-state index is 0.0314. The second kappa shape index (κ2) is 19.5. The van der Waals surface area contributed by atoms with Crippen LogP contribution in [0, 0.1) is 0 Å². The Bertz CT molecular complexity index is 2760. The number of rotatable bonds is 22. The first-order valence-corrected chi connectivity index (χ1v) is 26.5. The average molecular weight is 970 g/mol. The molecule has 3 heterocycles. The molecule has 0 aliphatic carbocycles. The molecule has 0 saturated carbocycles. The van der Waals surface area contributed by atoms with Crippen LogP contribution in [-0.4, -0.2) is 122 Å². The molecule has 23 heteroatoms. The summed E-state index contributed by atoms with van der Waals surface area (Å²) >= 11 is 0. The topological polar surface area (TPSA) is 290 Å². The Morgan fingerprint density at radius 1 is 0.719 bits per heavy atom. The number of imide groups is 1. The maximum absolute atomic E-state index is 12.5. The lowest BCUT2D eigenvalue weighted by Gasteiger charge is -2.30. The van der Waals surface area contributed by atoms with Gasteiger partial charge in [0.2, 0.25) is 11.6 Å². The van der Waals surface area contributed by atoms with Crippen LogP contribution in [0.15, 0.2) is 82.3 Å². The molecule has 350 valence electrons. The number of anilines is 1. The predicted octanol–water partition coefficient (Wildman–Crippen LogP) is 3.71. The number of hydrogen-bond acceptors (Lipinski definition) is 12. The van der Waals surface area contributed by atoms with Crippen LogP contribution in [0.5, 0.6) is 0 Å². The first-order valence-electron chi connectivity index (χ1n) is 20.4. The van der Waals surface area contributed by atoms with E-state index in [0.29, 0.717) is 59.7 Å². The van der Waals surface area contributed by atoms with Gasteiger partial charge in [-0.2, -0.15) is 38.2 Å². The van der Waals surface area contributed by atoms with Crippen molar-refractivity contribution >= 4 is 75.3 Å². The zero-order valence-electron chi connectivity index (χ0n) is 35.5. The molecule has 1 atom stereocenters. The van der Waals surface area contributed by atoms with Crippen molar-refractivity contribution in [2.24, 2.45) is 0 Å². The van der Waals surface area contributed by atoms with E-state index in [0.717, 1.165) is 4.90 Å². The largest absolute Gasteiger partial charge is 0.354 e. The van der Waals surface area contributed by atoms with E-state index < -0.39 is 79.5 Å². The fraction of sp³-hybridized carbons (Fsp3) is 0.463. The number of allylic oxidation sites excluding steroid dienone is 4. The lowest BCUT2D eigenvalue weighted by Crippen LogP contribution is -2.38. The molecule has 5 N–H and O–H groups in total. The van der Waals surface area contributed by atoms with Crippen LogP contribution in [-0.2, 0) is 65.7 Å². The zero-order chi connectivity index (χ0) is 47.5. The Balaban J connectivity index is 1.47. The van der Waals surface area contributed by atoms with E-state index in [4.69, 9.17) is 0 Å². The lowest BCUT2D eigenvalue weighted by molar-refractivity contribution is -0.438. The maximum Gasteiger partial charge on any atom is 0.294 e. The molecule has 0 bridgehead atoms. The van der Waals surface area contributed by atoms with Crippen molar-refractivity contribution in [1.82, 2.24) is 10.2 Å². The van der Waals surface area contributed by atoms with E-state index in [1.165, 1.54) is 42.5 Å². The number of nitrogens with one attached hydrogen (secondary N) is 1. The minimum Gasteiger partial charge on any atom is -0.354 e. The number of benzene rings is 2. The van der Waals surface area contributed by atoms with Crippen molar-refractivity contribution in [2.75, 3.05) is 42.6 Å². The molecule has 2 aromatic carbocycles. The molecular formula is C41H53N4O15S4+. The van der Waals surface area contributed by atoms with Crippen LogP contribution in [0.1, 0.15) is 83.3 Å². The number of amides is 3. The Labute approximate surface area is 373 Å². The highest BCUT2D eigenvalue weighted by Crippen LogP contribution is 2.51. The number of carbonyl (C=O) groups excluding carboxylic acids is 3. The fourth-order valence-electron chi connectivity index (χ4n) is 8.43. The molecule has 64 heavy (non-hydrogen) atoms. The Kier molecular flexibility index (Phi) is 15.3. The van der Waals surface area contributed by atoms with Gasteiger partial charge < -0.3 is 10.2 Å². The molecule has 3 amide bonds. The van der Waals surface area contributed by atoms with Gasteiger partial charge in [-0.3, -0.25) is 37.5 Å². The van der Waals surface area contributed by atoms with Crippen molar-refractivity contribution in [3.63, 3.8) is 0 Å². The predicted molar refractivity (Wildman–Crippen MR) is 236 cm³/mol. The first-order chi connectivity index (χ1) is 29.6. The molecule has 3 aliphatic heterocycles. The molecular weight excluding hydrogens is 917 g/mol. The molecule has 1 unspecified atom stereocenters. The summed E-state index contributed by atoms with van der Waals surface area (Å²) in [5.74, 6) is -2.25. The van der Waals surface area contributed by atoms with Crippen LogP contribution < -0.4 is 10.2 Å². The average Bonchev–Trinajstić information content (AvgIpc) is 3.70. The van der Waals surface area contributed by atoms with Gasteiger partial charge in [0, 0.05) is 79.1 Å². The van der Waals surface area contributed by atoms with Crippen LogP contribution in [0.3, 0.4) is 0 Å². The molecule has 19 nitrogen and oxygen atoms in total. The lowest BCUT2D eigenvalue weighted by atomic mass is 9.77. The van der Waals surface area contributed by atoms with Crippen molar-refractivity contribution < 1.29 is 70.8 Å². The van der Waals surface area contributed by atoms with Crippen molar-refractivity contribution in [3.8, 4) is 0 Å². The molecule has 3 aliphatic rings. The number of carbonyl (C=O) groups is 3. The van der Waals surface area contributed by atoms with E-state index in [2.05, 4.69) is 5.32 Å². The van der Waals surface area contributed by atoms with E-state index in [1.54, 1.807) is 36.1 Å². The van der Waals surface area contributed by atoms with Crippen LogP contribution >= 0.6 is 0 Å². The molecule has 2 aromatic rings. The highest BCUT2D eigenvalue weighted by molar-refractivity contribution is 7.86. The van der Waals surface area contributed by atoms with E-state index in [1.807, 2.05) is 18.4 Å². The van der Waals surface area contributed by atoms with Gasteiger partial charge in [-0.15, -0.1) is 0 Å². The summed E-state index contributed by atoms with van der Waals surface area (Å²) in [6.07, 6.45) is 9.92. The van der Waals surface area contributed by atoms with Gasteiger partial charge in [0.1, 0.15) is 6.54 Å². The summed E-state index contributed by atoms with van der Waals surface area (Å²) in [6, 6.07) is 8.26. The standard InChI is InChI=1S/C41H52N4O15S4/c1-40(2)31-27-29(63(55,56)57)14-16-33(31)43(22-7-4-5-13-37(46)42-21-24-45-38(47)18-19-39(45)48)35(40)11-9-12-36-41(3,20-6-8-25-61(49,50)51)32-28-30(64(58,59)60)15-17-34(32)44(36)23-10-26-62(52,53)54/h9,11-12,14-19,27-28H,4-8,10,13,20-26H2,1-3H3,(H4-,42,46,49,50,51,52,53,54,55,56,57,58,59,60)/p+1. The summed E-state index contributed by atoms with van der Waals surface area (Å²) in [6.45, 7) is 6.14. The van der Waals surface area contributed by atoms with E-state index in [9.17, 15) is 66.3 Å². The normalized spacial score (nSPS) is 19.4. The maximum atomic E-state index is 12.5. The molecule has 0 saturated heterocycles. The molecule has 5 rings (SSSR count). The number of hydrogen-bond donors (Lipinski definition) is 5. The molecule has 0 fully saturated rings. The smallest absolute Gasteiger partial charge is 0.294 e. The van der Waals surface area contributed by atoms with Gasteiger partial charge in [0.25, 0.3) is 52.3 Å². The van der Waals surface area contributed by atoms with Gasteiger partial charge in [-0.1, -0.05) is 12.5 Å². The van der Waals surface area contributed by atoms with E-state index >= 15 is 0 Å². The second-order valence-electron chi connectivity index (χ2n) is 16.6. The Hall–Kier alpha value is -4.62. The van der Waals surface area contributed by atoms with Gasteiger partial charge in [0.15, 0.2) is 5.71 Å². The second-order valence-corrected chi connectivity index (χ2v) is 22.6. The summed E-state index contributed by atoms with van der Waals surface area (Å²) in [5.41, 5.74) is 1.50. The summed E-state index contributed by atoms with van der Waals surface area (Å²) in [5, 5.41) is 2.71. The zero-order valence-corrected chi connectivity index (χ0v) is 38.8. The third-order valence-corrected chi connectivity index (χ3v) is 14.9. The van der Waals surface area contributed by atoms with Crippen molar-refractivity contribution in [2.45, 2.75) is 92.8 Å². The van der Waals surface area contributed by atoms with Crippen LogP contribution in [0.4, 0.5) is 11.4 Å². The molecule has 0 radical (unpaired) electrons. The van der Waals surface area contributed by atoms with Crippen molar-refractivity contribution in [3.05, 3.63) is 83.6 Å². The van der Waals surface area contributed by atoms with Gasteiger partial charge in [0.05, 0.1) is 26.7 Å². The third-order valence-electron chi connectivity index (χ3n) is 11.6. The first kappa shape index (κ1) is 50.4. The van der Waals surface area contributed by atoms with Crippen molar-refractivity contribution in [1.29, 1.82) is 0 Å². The SMILES string of the molecule is CC1(C)C(/C=C/C=C2/N(CCCS(=O)(=O)O)c3ccc(S(=O)(=O)O)cc3C2(C)CCCCS(=O)(=O)O)=[N+](CCCCCC(=O)NCCN2C(=O)C=CC2=O)c2ccc(S(=O)(=O)O)cc21. The quantitative estimate of drug-likeness (QED) is 0.0486. The van der Waals surface area contributed by atoms with Crippen LogP contribution in [0.2, 0.25) is 0 Å². The summed E-state index contributed by atoms with van der Waals surface area (Å²) < 4.78 is 136. The van der Waals surface area contributed by atoms with E-state index in [-0.39, 0.29) is 62.5 Å². The van der Waals surface area contributed by atoms with Crippen LogP contribution in [0.25, 0.3) is 0 Å². The van der Waals surface area contributed by atoms with Gasteiger partial charge in [-0.25, -0.2) is 0 Å². The number of fused-ring (bicyclic) bond motifs is 2. The minimum atomic E-state index is -4.68. The molecule has 0 spiro atoms. The summed E-state index contributed by atoms with van der Waals surface area (Å²) in [7, 11) is -17.9. The third kappa shape index (κ3) is 12.2. The fourth-order valence-corrected chi connectivity index (χ4v) is 10.5. The highest BCUT2D eigenvalue weighted by Gasteiger charge is 2.46. The highest BCUT2D eigenvalue weighted by atomic mass is 32.2. The van der Waals surface area contributed by atoms with Gasteiger partial charge in [-0.05, 0) is 94.8 Å². The molecule has 0 aromatic heterocycles. The summed E-state index contributed by atoms with van der Waals surface area (Å²) in [4.78, 5) is 38.1. The number of unbranched alkanes of at least 4 members (excludes halogenated alkanes) is 3. The van der Waals surface area contributed by atoms with Gasteiger partial charge >= 0.3 is 0 Å². The Morgan fingerprint density at radius 3 is 1.92 bits per heavy atom. The number of nitrogens with zero attached hydrogens (tertiary/aromatic N) is 3.